The third-order valence-electron chi connectivity index (χ3n) is 3.14. The van der Waals surface area contributed by atoms with E-state index < -0.39 is 0 Å². The molecule has 3 heteroatoms. The lowest BCUT2D eigenvalue weighted by Crippen LogP contribution is -2.35. The van der Waals surface area contributed by atoms with Gasteiger partial charge in [0.25, 0.3) is 0 Å². The Morgan fingerprint density at radius 3 is 2.53 bits per heavy atom. The van der Waals surface area contributed by atoms with Gasteiger partial charge in [0.2, 0.25) is 5.91 Å². The lowest BCUT2D eigenvalue weighted by atomic mass is 10.1. The van der Waals surface area contributed by atoms with Gasteiger partial charge in [-0.25, -0.2) is 0 Å². The predicted molar refractivity (Wildman–Crippen MR) is 65.7 cm³/mol. The highest BCUT2D eigenvalue weighted by Crippen LogP contribution is 2.21. The van der Waals surface area contributed by atoms with Crippen molar-refractivity contribution in [3.05, 3.63) is 35.4 Å². The quantitative estimate of drug-likeness (QED) is 0.618. The molecule has 1 amide bonds. The Labute approximate surface area is 101 Å². The second-order valence-electron chi connectivity index (χ2n) is 4.50. The summed E-state index contributed by atoms with van der Waals surface area (Å²) in [4.78, 5) is 21.7. The number of carbonyl (C=O) groups is 2. The average molecular weight is 231 g/mol. The minimum atomic E-state index is 0.0599. The maximum absolute atomic E-state index is 11.6. The van der Waals surface area contributed by atoms with Crippen LogP contribution in [0, 0.1) is 0 Å². The second kappa shape index (κ2) is 5.62. The molecule has 0 atom stereocenters. The molecule has 0 radical (unpaired) electrons. The molecule has 1 aromatic carbocycles. The van der Waals surface area contributed by atoms with Crippen LogP contribution >= 0.6 is 0 Å². The fraction of sp³-hybridized carbons (Fsp3) is 0.429. The molecule has 1 aliphatic carbocycles. The van der Waals surface area contributed by atoms with Crippen LogP contribution in [0.25, 0.3) is 0 Å². The van der Waals surface area contributed by atoms with Crippen LogP contribution in [0.5, 0.6) is 0 Å². The third kappa shape index (κ3) is 3.16. The maximum atomic E-state index is 11.6. The second-order valence-corrected chi connectivity index (χ2v) is 4.50. The largest absolute Gasteiger partial charge is 0.353 e. The summed E-state index contributed by atoms with van der Waals surface area (Å²) in [7, 11) is 0. The van der Waals surface area contributed by atoms with Crippen LogP contribution in [0.2, 0.25) is 0 Å². The number of aldehydes is 1. The molecule has 1 aromatic rings. The molecule has 0 aromatic heterocycles. The minimum Gasteiger partial charge on any atom is -0.353 e. The molecule has 3 nitrogen and oxygen atoms in total. The van der Waals surface area contributed by atoms with E-state index in [0.29, 0.717) is 19.3 Å². The molecule has 0 bridgehead atoms. The number of rotatable bonds is 5. The molecule has 0 spiro atoms. The van der Waals surface area contributed by atoms with Crippen molar-refractivity contribution in [2.75, 3.05) is 0 Å². The Hall–Kier alpha value is -1.64. The van der Waals surface area contributed by atoms with Gasteiger partial charge in [0.05, 0.1) is 0 Å². The summed E-state index contributed by atoms with van der Waals surface area (Å²) >= 11 is 0. The zero-order valence-electron chi connectivity index (χ0n) is 9.82. The van der Waals surface area contributed by atoms with Gasteiger partial charge in [-0.3, -0.25) is 4.79 Å². The summed E-state index contributed by atoms with van der Waals surface area (Å²) in [6.45, 7) is 0. The average Bonchev–Trinajstić information content (AvgIpc) is 2.71. The number of fused-ring (bicyclic) bond motifs is 1. The number of hydrogen-bond donors (Lipinski definition) is 1. The SMILES string of the molecule is O=CCCCC(=O)NC1Cc2ccccc2C1. The zero-order valence-corrected chi connectivity index (χ0v) is 9.82. The van der Waals surface area contributed by atoms with Crippen LogP contribution in [0.3, 0.4) is 0 Å². The van der Waals surface area contributed by atoms with E-state index in [1.807, 2.05) is 12.1 Å². The van der Waals surface area contributed by atoms with E-state index in [2.05, 4.69) is 17.4 Å². The van der Waals surface area contributed by atoms with Gasteiger partial charge in [0.15, 0.2) is 0 Å². The van der Waals surface area contributed by atoms with Gasteiger partial charge in [-0.1, -0.05) is 24.3 Å². The summed E-state index contributed by atoms with van der Waals surface area (Å²) in [5.74, 6) is 0.0599. The van der Waals surface area contributed by atoms with Crippen molar-refractivity contribution in [3.8, 4) is 0 Å². The van der Waals surface area contributed by atoms with Gasteiger partial charge in [-0.05, 0) is 30.4 Å². The van der Waals surface area contributed by atoms with Crippen LogP contribution in [-0.2, 0) is 22.4 Å². The van der Waals surface area contributed by atoms with E-state index in [1.165, 1.54) is 11.1 Å². The maximum Gasteiger partial charge on any atom is 0.220 e. The van der Waals surface area contributed by atoms with E-state index in [1.54, 1.807) is 0 Å². The van der Waals surface area contributed by atoms with Gasteiger partial charge < -0.3 is 10.1 Å². The van der Waals surface area contributed by atoms with Crippen molar-refractivity contribution in [2.45, 2.75) is 38.1 Å². The first-order valence-corrected chi connectivity index (χ1v) is 6.09. The lowest BCUT2D eigenvalue weighted by Gasteiger charge is -2.11. The Kier molecular flexibility index (Phi) is 3.91. The molecular formula is C14H17NO2. The van der Waals surface area contributed by atoms with Gasteiger partial charge >= 0.3 is 0 Å². The molecule has 0 aliphatic heterocycles. The van der Waals surface area contributed by atoms with Gasteiger partial charge in [-0.2, -0.15) is 0 Å². The molecule has 1 N–H and O–H groups in total. The molecule has 0 saturated heterocycles. The van der Waals surface area contributed by atoms with E-state index in [0.717, 1.165) is 19.1 Å². The van der Waals surface area contributed by atoms with Crippen molar-refractivity contribution in [3.63, 3.8) is 0 Å². The molecule has 0 saturated carbocycles. The van der Waals surface area contributed by atoms with E-state index >= 15 is 0 Å². The Morgan fingerprint density at radius 2 is 1.94 bits per heavy atom. The molecule has 1 aliphatic rings. The van der Waals surface area contributed by atoms with Crippen LogP contribution in [-0.4, -0.2) is 18.2 Å². The van der Waals surface area contributed by atoms with Crippen molar-refractivity contribution >= 4 is 12.2 Å². The highest BCUT2D eigenvalue weighted by molar-refractivity contribution is 5.76. The molecule has 17 heavy (non-hydrogen) atoms. The summed E-state index contributed by atoms with van der Waals surface area (Å²) in [6.07, 6.45) is 4.28. The number of amides is 1. The standard InChI is InChI=1S/C14H17NO2/c16-8-4-3-7-14(17)15-13-9-11-5-1-2-6-12(11)10-13/h1-2,5-6,8,13H,3-4,7,9-10H2,(H,15,17). The lowest BCUT2D eigenvalue weighted by molar-refractivity contribution is -0.121. The van der Waals surface area contributed by atoms with Crippen LogP contribution in [0.1, 0.15) is 30.4 Å². The first kappa shape index (κ1) is 11.8. The first-order chi connectivity index (χ1) is 8.29. The number of hydrogen-bond acceptors (Lipinski definition) is 2. The molecule has 0 unspecified atom stereocenters. The smallest absolute Gasteiger partial charge is 0.220 e. The Bertz CT molecular complexity index is 389. The topological polar surface area (TPSA) is 46.2 Å². The predicted octanol–water partition coefficient (Wildman–Crippen LogP) is 1.64. The van der Waals surface area contributed by atoms with Crippen LogP contribution in [0.4, 0.5) is 0 Å². The molecule has 2 rings (SSSR count). The third-order valence-corrected chi connectivity index (χ3v) is 3.14. The number of nitrogens with one attached hydrogen (secondary N) is 1. The fourth-order valence-corrected chi connectivity index (χ4v) is 2.31. The monoisotopic (exact) mass is 231 g/mol. The zero-order chi connectivity index (χ0) is 12.1. The van der Waals surface area contributed by atoms with Crippen molar-refractivity contribution < 1.29 is 9.59 Å². The molecular weight excluding hydrogens is 214 g/mol. The Morgan fingerprint density at radius 1 is 1.29 bits per heavy atom. The molecule has 0 fully saturated rings. The number of benzene rings is 1. The highest BCUT2D eigenvalue weighted by atomic mass is 16.1. The van der Waals surface area contributed by atoms with Crippen molar-refractivity contribution in [2.24, 2.45) is 0 Å². The van der Waals surface area contributed by atoms with Crippen molar-refractivity contribution in [1.82, 2.24) is 5.32 Å². The first-order valence-electron chi connectivity index (χ1n) is 6.09. The van der Waals surface area contributed by atoms with E-state index in [4.69, 9.17) is 0 Å². The van der Waals surface area contributed by atoms with E-state index in [-0.39, 0.29) is 11.9 Å². The minimum absolute atomic E-state index is 0.0599. The van der Waals surface area contributed by atoms with Crippen LogP contribution < -0.4 is 5.32 Å². The number of carbonyl (C=O) groups excluding carboxylic acids is 2. The summed E-state index contributed by atoms with van der Waals surface area (Å²) < 4.78 is 0. The normalized spacial score (nSPS) is 14.4. The summed E-state index contributed by atoms with van der Waals surface area (Å²) in [5.41, 5.74) is 2.68. The van der Waals surface area contributed by atoms with Gasteiger partial charge in [0.1, 0.15) is 6.29 Å². The van der Waals surface area contributed by atoms with Crippen molar-refractivity contribution in [1.29, 1.82) is 0 Å². The number of unbranched alkanes of at least 4 members (excludes halogenated alkanes) is 1. The van der Waals surface area contributed by atoms with Gasteiger partial charge in [0, 0.05) is 18.9 Å². The Balaban J connectivity index is 1.79. The summed E-state index contributed by atoms with van der Waals surface area (Å²) in [6, 6.07) is 8.54. The highest BCUT2D eigenvalue weighted by Gasteiger charge is 2.21. The van der Waals surface area contributed by atoms with E-state index in [9.17, 15) is 9.59 Å². The fourth-order valence-electron chi connectivity index (χ4n) is 2.31. The summed E-state index contributed by atoms with van der Waals surface area (Å²) in [5, 5.41) is 3.03. The van der Waals surface area contributed by atoms with Gasteiger partial charge in [-0.15, -0.1) is 0 Å². The van der Waals surface area contributed by atoms with Crippen LogP contribution in [0.15, 0.2) is 24.3 Å². The molecule has 90 valence electrons. The molecule has 0 heterocycles.